The van der Waals surface area contributed by atoms with Crippen LogP contribution in [0.2, 0.25) is 0 Å². The third-order valence-electron chi connectivity index (χ3n) is 2.30. The van der Waals surface area contributed by atoms with Gasteiger partial charge in [-0.15, -0.1) is 0 Å². The van der Waals surface area contributed by atoms with E-state index in [4.69, 9.17) is 0 Å². The second kappa shape index (κ2) is 6.64. The van der Waals surface area contributed by atoms with Crippen LogP contribution in [-0.2, 0) is 4.79 Å². The number of carbonyl (C=O) groups excluding carboxylic acids is 1. The molecule has 1 nitrogen and oxygen atoms in total. The molecule has 86 valence electrons. The number of ketones is 1. The number of hydrogen-bond donors (Lipinski definition) is 0. The minimum Gasteiger partial charge on any atom is -0.295 e. The summed E-state index contributed by atoms with van der Waals surface area (Å²) in [5, 5.41) is 0. The Morgan fingerprint density at radius 2 is 1.94 bits per heavy atom. The van der Waals surface area contributed by atoms with Crippen LogP contribution in [0.1, 0.15) is 32.3 Å². The first-order valence-corrected chi connectivity index (χ1v) is 6.33. The number of benzene rings is 1. The van der Waals surface area contributed by atoms with E-state index in [2.05, 4.69) is 29.8 Å². The van der Waals surface area contributed by atoms with Crippen molar-refractivity contribution in [2.45, 2.75) is 26.7 Å². The second-order valence-electron chi connectivity index (χ2n) is 4.28. The van der Waals surface area contributed by atoms with E-state index in [0.717, 1.165) is 16.5 Å². The van der Waals surface area contributed by atoms with Crippen molar-refractivity contribution < 1.29 is 4.79 Å². The predicted molar refractivity (Wildman–Crippen MR) is 72.3 cm³/mol. The summed E-state index contributed by atoms with van der Waals surface area (Å²) >= 11 is 3.38. The Labute approximate surface area is 106 Å². The standard InChI is InChI=1S/C14H17BrO/c1-11(2)3-9-14(16)10-6-12-4-7-13(15)8-5-12/h4-8,10-11H,3,9H2,1-2H3. The van der Waals surface area contributed by atoms with Gasteiger partial charge in [-0.05, 0) is 36.1 Å². The van der Waals surface area contributed by atoms with Gasteiger partial charge >= 0.3 is 0 Å². The monoisotopic (exact) mass is 280 g/mol. The van der Waals surface area contributed by atoms with Crippen LogP contribution in [0, 0.1) is 5.92 Å². The van der Waals surface area contributed by atoms with Crippen molar-refractivity contribution in [3.63, 3.8) is 0 Å². The van der Waals surface area contributed by atoms with Gasteiger partial charge in [0.15, 0.2) is 5.78 Å². The maximum absolute atomic E-state index is 11.5. The van der Waals surface area contributed by atoms with Crippen LogP contribution in [0.4, 0.5) is 0 Å². The van der Waals surface area contributed by atoms with E-state index in [9.17, 15) is 4.79 Å². The summed E-state index contributed by atoms with van der Waals surface area (Å²) in [5.41, 5.74) is 1.06. The first-order chi connectivity index (χ1) is 7.58. The zero-order valence-electron chi connectivity index (χ0n) is 9.74. The second-order valence-corrected chi connectivity index (χ2v) is 5.20. The molecule has 0 atom stereocenters. The molecule has 0 fully saturated rings. The van der Waals surface area contributed by atoms with Crippen molar-refractivity contribution in [3.05, 3.63) is 40.4 Å². The van der Waals surface area contributed by atoms with Crippen molar-refractivity contribution in [1.82, 2.24) is 0 Å². The van der Waals surface area contributed by atoms with E-state index in [1.54, 1.807) is 6.08 Å². The summed E-state index contributed by atoms with van der Waals surface area (Å²) in [4.78, 5) is 11.5. The summed E-state index contributed by atoms with van der Waals surface area (Å²) < 4.78 is 1.05. The highest BCUT2D eigenvalue weighted by Gasteiger charge is 1.99. The average Bonchev–Trinajstić information content (AvgIpc) is 2.25. The Hall–Kier alpha value is -0.890. The smallest absolute Gasteiger partial charge is 0.155 e. The SMILES string of the molecule is CC(C)CCC(=O)C=Cc1ccc(Br)cc1. The Kier molecular flexibility index (Phi) is 5.47. The number of allylic oxidation sites excluding steroid dienone is 1. The van der Waals surface area contributed by atoms with E-state index in [1.807, 2.05) is 30.3 Å². The molecule has 0 saturated carbocycles. The maximum atomic E-state index is 11.5. The molecule has 0 aliphatic carbocycles. The highest BCUT2D eigenvalue weighted by Crippen LogP contribution is 2.12. The molecular weight excluding hydrogens is 264 g/mol. The Morgan fingerprint density at radius 1 is 1.31 bits per heavy atom. The summed E-state index contributed by atoms with van der Waals surface area (Å²) in [5.74, 6) is 0.793. The molecule has 1 aromatic rings. The Morgan fingerprint density at radius 3 is 2.50 bits per heavy atom. The van der Waals surface area contributed by atoms with Crippen molar-refractivity contribution >= 4 is 27.8 Å². The molecule has 0 amide bonds. The molecule has 0 radical (unpaired) electrons. The van der Waals surface area contributed by atoms with Crippen LogP contribution < -0.4 is 0 Å². The molecule has 0 bridgehead atoms. The summed E-state index contributed by atoms with van der Waals surface area (Å²) in [7, 11) is 0. The molecular formula is C14H17BrO. The summed E-state index contributed by atoms with van der Waals surface area (Å²) in [6.07, 6.45) is 5.15. The highest BCUT2D eigenvalue weighted by molar-refractivity contribution is 9.10. The van der Waals surface area contributed by atoms with Crippen LogP contribution in [0.3, 0.4) is 0 Å². The van der Waals surface area contributed by atoms with E-state index in [-0.39, 0.29) is 5.78 Å². The molecule has 0 aliphatic heterocycles. The normalized spacial score (nSPS) is 11.2. The molecule has 0 saturated heterocycles. The number of hydrogen-bond acceptors (Lipinski definition) is 1. The molecule has 0 unspecified atom stereocenters. The molecule has 0 spiro atoms. The minimum atomic E-state index is 0.205. The Balaban J connectivity index is 2.47. The van der Waals surface area contributed by atoms with Gasteiger partial charge in [0.1, 0.15) is 0 Å². The van der Waals surface area contributed by atoms with Crippen LogP contribution in [0.25, 0.3) is 6.08 Å². The van der Waals surface area contributed by atoms with E-state index in [1.165, 1.54) is 0 Å². The third kappa shape index (κ3) is 5.26. The van der Waals surface area contributed by atoms with Crippen molar-refractivity contribution in [2.24, 2.45) is 5.92 Å². The van der Waals surface area contributed by atoms with Crippen LogP contribution in [-0.4, -0.2) is 5.78 Å². The zero-order chi connectivity index (χ0) is 12.0. The fourth-order valence-electron chi connectivity index (χ4n) is 1.28. The van der Waals surface area contributed by atoms with Gasteiger partial charge in [0.2, 0.25) is 0 Å². The largest absolute Gasteiger partial charge is 0.295 e. The molecule has 1 rings (SSSR count). The van der Waals surface area contributed by atoms with Gasteiger partial charge in [0.25, 0.3) is 0 Å². The lowest BCUT2D eigenvalue weighted by Gasteiger charge is -2.00. The summed E-state index contributed by atoms with van der Waals surface area (Å²) in [6, 6.07) is 7.91. The first-order valence-electron chi connectivity index (χ1n) is 5.54. The number of carbonyl (C=O) groups is 1. The lowest BCUT2D eigenvalue weighted by molar-refractivity contribution is -0.114. The zero-order valence-corrected chi connectivity index (χ0v) is 11.3. The quantitative estimate of drug-likeness (QED) is 0.728. The van der Waals surface area contributed by atoms with E-state index < -0.39 is 0 Å². The fraction of sp³-hybridized carbons (Fsp3) is 0.357. The van der Waals surface area contributed by atoms with Gasteiger partial charge in [-0.25, -0.2) is 0 Å². The first kappa shape index (κ1) is 13.2. The molecule has 16 heavy (non-hydrogen) atoms. The molecule has 1 aromatic carbocycles. The fourth-order valence-corrected chi connectivity index (χ4v) is 1.54. The van der Waals surface area contributed by atoms with Gasteiger partial charge in [0.05, 0.1) is 0 Å². The van der Waals surface area contributed by atoms with E-state index >= 15 is 0 Å². The third-order valence-corrected chi connectivity index (χ3v) is 2.83. The van der Waals surface area contributed by atoms with Crippen LogP contribution in [0.15, 0.2) is 34.8 Å². The van der Waals surface area contributed by atoms with Gasteiger partial charge in [-0.3, -0.25) is 4.79 Å². The molecule has 0 aliphatic rings. The lowest BCUT2D eigenvalue weighted by Crippen LogP contribution is -1.96. The summed E-state index contributed by atoms with van der Waals surface area (Å²) in [6.45, 7) is 4.26. The van der Waals surface area contributed by atoms with Gasteiger partial charge < -0.3 is 0 Å². The topological polar surface area (TPSA) is 17.1 Å². The molecule has 0 aromatic heterocycles. The van der Waals surface area contributed by atoms with Gasteiger partial charge in [-0.2, -0.15) is 0 Å². The van der Waals surface area contributed by atoms with Crippen LogP contribution >= 0.6 is 15.9 Å². The minimum absolute atomic E-state index is 0.205. The molecule has 0 N–H and O–H groups in total. The van der Waals surface area contributed by atoms with Crippen molar-refractivity contribution in [3.8, 4) is 0 Å². The Bertz CT molecular complexity index is 363. The number of halogens is 1. The molecule has 0 heterocycles. The average molecular weight is 281 g/mol. The predicted octanol–water partition coefficient (Wildman–Crippen LogP) is 4.47. The van der Waals surface area contributed by atoms with Crippen molar-refractivity contribution in [1.29, 1.82) is 0 Å². The lowest BCUT2D eigenvalue weighted by atomic mass is 10.1. The van der Waals surface area contributed by atoms with Gasteiger partial charge in [-0.1, -0.05) is 48.0 Å². The number of rotatable bonds is 5. The van der Waals surface area contributed by atoms with Gasteiger partial charge in [0, 0.05) is 10.9 Å². The molecule has 2 heteroatoms. The van der Waals surface area contributed by atoms with Crippen molar-refractivity contribution in [2.75, 3.05) is 0 Å². The highest BCUT2D eigenvalue weighted by atomic mass is 79.9. The maximum Gasteiger partial charge on any atom is 0.155 e. The van der Waals surface area contributed by atoms with Crippen LogP contribution in [0.5, 0.6) is 0 Å². The van der Waals surface area contributed by atoms with E-state index in [0.29, 0.717) is 12.3 Å².